The number of aliphatic hydroxyl groups is 1. The first-order valence-electron chi connectivity index (χ1n) is 4.89. The zero-order valence-corrected chi connectivity index (χ0v) is 7.92. The molecule has 3 atom stereocenters. The van der Waals surface area contributed by atoms with E-state index >= 15 is 0 Å². The van der Waals surface area contributed by atoms with Crippen LogP contribution in [0.2, 0.25) is 0 Å². The van der Waals surface area contributed by atoms with Crippen LogP contribution in [0.15, 0.2) is 0 Å². The van der Waals surface area contributed by atoms with E-state index in [0.717, 1.165) is 12.8 Å². The topological polar surface area (TPSA) is 37.3 Å². The highest BCUT2D eigenvalue weighted by Gasteiger charge is 2.35. The Hall–Kier alpha value is -0.370. The number of carbonyl (C=O) groups is 1. The summed E-state index contributed by atoms with van der Waals surface area (Å²) >= 11 is 0. The summed E-state index contributed by atoms with van der Waals surface area (Å²) in [7, 11) is 0. The summed E-state index contributed by atoms with van der Waals surface area (Å²) in [4.78, 5) is 11.4. The van der Waals surface area contributed by atoms with Crippen LogP contribution in [0, 0.1) is 11.8 Å². The van der Waals surface area contributed by atoms with Crippen LogP contribution in [0.1, 0.15) is 39.5 Å². The molecule has 1 saturated carbocycles. The second-order valence-corrected chi connectivity index (χ2v) is 3.76. The van der Waals surface area contributed by atoms with Gasteiger partial charge in [-0.05, 0) is 18.8 Å². The molecule has 2 heteroatoms. The lowest BCUT2D eigenvalue weighted by atomic mass is 9.96. The fourth-order valence-corrected chi connectivity index (χ4v) is 1.98. The molecular formula is C10H18O2. The Kier molecular flexibility index (Phi) is 3.27. The maximum absolute atomic E-state index is 11.4. The summed E-state index contributed by atoms with van der Waals surface area (Å²) < 4.78 is 0. The van der Waals surface area contributed by atoms with E-state index < -0.39 is 6.10 Å². The Morgan fingerprint density at radius 3 is 2.67 bits per heavy atom. The zero-order chi connectivity index (χ0) is 9.14. The minimum absolute atomic E-state index is 0.0556. The molecule has 0 bridgehead atoms. The molecule has 0 amide bonds. The quantitative estimate of drug-likeness (QED) is 0.700. The maximum atomic E-state index is 11.4. The van der Waals surface area contributed by atoms with Gasteiger partial charge in [-0.3, -0.25) is 4.79 Å². The summed E-state index contributed by atoms with van der Waals surface area (Å²) in [5.41, 5.74) is 0. The first-order valence-corrected chi connectivity index (χ1v) is 4.89. The van der Waals surface area contributed by atoms with Crippen LogP contribution in [0.25, 0.3) is 0 Å². The molecule has 0 aromatic rings. The zero-order valence-electron chi connectivity index (χ0n) is 7.92. The highest BCUT2D eigenvalue weighted by atomic mass is 16.3. The SMILES string of the molecule is CCC1CC(=O)C(C(O)CC)C1. The molecule has 0 radical (unpaired) electrons. The van der Waals surface area contributed by atoms with E-state index in [1.807, 2.05) is 6.92 Å². The van der Waals surface area contributed by atoms with Gasteiger partial charge in [0.1, 0.15) is 5.78 Å². The lowest BCUT2D eigenvalue weighted by molar-refractivity contribution is -0.123. The molecule has 1 fully saturated rings. The lowest BCUT2D eigenvalue weighted by Gasteiger charge is -2.14. The van der Waals surface area contributed by atoms with Crippen molar-refractivity contribution in [1.82, 2.24) is 0 Å². The Bertz CT molecular complexity index is 165. The predicted octanol–water partition coefficient (Wildman–Crippen LogP) is 1.76. The summed E-state index contributed by atoms with van der Waals surface area (Å²) in [6.45, 7) is 4.04. The van der Waals surface area contributed by atoms with Crippen molar-refractivity contribution in [3.63, 3.8) is 0 Å². The lowest BCUT2D eigenvalue weighted by Crippen LogP contribution is -2.22. The first-order chi connectivity index (χ1) is 5.69. The maximum Gasteiger partial charge on any atom is 0.138 e. The molecule has 1 aliphatic rings. The molecule has 0 saturated heterocycles. The molecule has 3 unspecified atom stereocenters. The summed E-state index contributed by atoms with van der Waals surface area (Å²) in [5, 5.41) is 9.52. The molecule has 1 rings (SSSR count). The van der Waals surface area contributed by atoms with Crippen LogP contribution in [0.5, 0.6) is 0 Å². The van der Waals surface area contributed by atoms with Crippen molar-refractivity contribution in [3.05, 3.63) is 0 Å². The predicted molar refractivity (Wildman–Crippen MR) is 47.8 cm³/mol. The normalized spacial score (nSPS) is 32.4. The van der Waals surface area contributed by atoms with Crippen molar-refractivity contribution in [3.8, 4) is 0 Å². The van der Waals surface area contributed by atoms with Gasteiger partial charge in [0.2, 0.25) is 0 Å². The Balaban J connectivity index is 2.51. The average Bonchev–Trinajstić information content (AvgIpc) is 2.45. The number of rotatable bonds is 3. The molecule has 1 aliphatic carbocycles. The van der Waals surface area contributed by atoms with Crippen LogP contribution in [-0.4, -0.2) is 17.0 Å². The number of ketones is 1. The minimum Gasteiger partial charge on any atom is -0.392 e. The molecule has 0 aliphatic heterocycles. The second kappa shape index (κ2) is 4.04. The van der Waals surface area contributed by atoms with Crippen molar-refractivity contribution < 1.29 is 9.90 Å². The van der Waals surface area contributed by atoms with Crippen molar-refractivity contribution in [2.45, 2.75) is 45.6 Å². The molecule has 70 valence electrons. The van der Waals surface area contributed by atoms with Gasteiger partial charge in [0, 0.05) is 12.3 Å². The van der Waals surface area contributed by atoms with Gasteiger partial charge in [0.25, 0.3) is 0 Å². The third kappa shape index (κ3) is 1.86. The van der Waals surface area contributed by atoms with Crippen LogP contribution >= 0.6 is 0 Å². The number of aliphatic hydroxyl groups excluding tert-OH is 1. The number of hydrogen-bond donors (Lipinski definition) is 1. The van der Waals surface area contributed by atoms with E-state index in [1.54, 1.807) is 0 Å². The molecule has 0 spiro atoms. The Morgan fingerprint density at radius 1 is 1.58 bits per heavy atom. The van der Waals surface area contributed by atoms with Crippen molar-refractivity contribution in [2.24, 2.45) is 11.8 Å². The van der Waals surface area contributed by atoms with Gasteiger partial charge < -0.3 is 5.11 Å². The van der Waals surface area contributed by atoms with Crippen LogP contribution in [0.3, 0.4) is 0 Å². The highest BCUT2D eigenvalue weighted by Crippen LogP contribution is 2.32. The van der Waals surface area contributed by atoms with Crippen molar-refractivity contribution >= 4 is 5.78 Å². The first kappa shape index (κ1) is 9.72. The highest BCUT2D eigenvalue weighted by molar-refractivity contribution is 5.83. The van der Waals surface area contributed by atoms with E-state index in [9.17, 15) is 9.90 Å². The second-order valence-electron chi connectivity index (χ2n) is 3.76. The van der Waals surface area contributed by atoms with Gasteiger partial charge in [-0.15, -0.1) is 0 Å². The molecule has 0 heterocycles. The Morgan fingerprint density at radius 2 is 2.25 bits per heavy atom. The van der Waals surface area contributed by atoms with E-state index in [1.165, 1.54) is 0 Å². The van der Waals surface area contributed by atoms with E-state index in [-0.39, 0.29) is 11.7 Å². The van der Waals surface area contributed by atoms with Crippen LogP contribution < -0.4 is 0 Å². The standard InChI is InChI=1S/C10H18O2/c1-3-7-5-8(9(11)4-2)10(12)6-7/h7-9,11H,3-6H2,1-2H3. The number of hydrogen-bond acceptors (Lipinski definition) is 2. The van der Waals surface area contributed by atoms with Gasteiger partial charge in [-0.2, -0.15) is 0 Å². The number of carbonyl (C=O) groups excluding carboxylic acids is 1. The Labute approximate surface area is 74.0 Å². The fourth-order valence-electron chi connectivity index (χ4n) is 1.98. The summed E-state index contributed by atoms with van der Waals surface area (Å²) in [5.74, 6) is 0.750. The van der Waals surface area contributed by atoms with Gasteiger partial charge in [-0.1, -0.05) is 20.3 Å². The third-order valence-electron chi connectivity index (χ3n) is 2.95. The van der Waals surface area contributed by atoms with Crippen LogP contribution in [0.4, 0.5) is 0 Å². The average molecular weight is 170 g/mol. The molecular weight excluding hydrogens is 152 g/mol. The molecule has 1 N–H and O–H groups in total. The van der Waals surface area contributed by atoms with Gasteiger partial charge in [0.05, 0.1) is 6.10 Å². The van der Waals surface area contributed by atoms with Crippen molar-refractivity contribution in [2.75, 3.05) is 0 Å². The summed E-state index contributed by atoms with van der Waals surface area (Å²) in [6.07, 6.45) is 2.97. The van der Waals surface area contributed by atoms with E-state index in [0.29, 0.717) is 18.8 Å². The monoisotopic (exact) mass is 170 g/mol. The minimum atomic E-state index is -0.394. The van der Waals surface area contributed by atoms with Crippen LogP contribution in [-0.2, 0) is 4.79 Å². The van der Waals surface area contributed by atoms with Crippen molar-refractivity contribution in [1.29, 1.82) is 0 Å². The third-order valence-corrected chi connectivity index (χ3v) is 2.95. The number of Topliss-reactive ketones (excluding diaryl/α,β-unsaturated/α-hetero) is 1. The summed E-state index contributed by atoms with van der Waals surface area (Å²) in [6, 6.07) is 0. The fraction of sp³-hybridized carbons (Fsp3) is 0.900. The largest absolute Gasteiger partial charge is 0.392 e. The molecule has 0 aromatic heterocycles. The van der Waals surface area contributed by atoms with Gasteiger partial charge in [-0.25, -0.2) is 0 Å². The van der Waals surface area contributed by atoms with E-state index in [2.05, 4.69) is 6.92 Å². The smallest absolute Gasteiger partial charge is 0.138 e. The van der Waals surface area contributed by atoms with E-state index in [4.69, 9.17) is 0 Å². The van der Waals surface area contributed by atoms with Gasteiger partial charge in [0.15, 0.2) is 0 Å². The molecule has 2 nitrogen and oxygen atoms in total. The molecule has 12 heavy (non-hydrogen) atoms. The molecule has 0 aromatic carbocycles. The van der Waals surface area contributed by atoms with Gasteiger partial charge >= 0.3 is 0 Å².